The Bertz CT molecular complexity index is 1140. The summed E-state index contributed by atoms with van der Waals surface area (Å²) in [5.74, 6) is 1.02. The third-order valence-corrected chi connectivity index (χ3v) is 4.75. The molecule has 3 rings (SSSR count). The molecule has 0 N–H and O–H groups in total. The van der Waals surface area contributed by atoms with Crippen LogP contribution in [-0.2, 0) is 11.3 Å². The van der Waals surface area contributed by atoms with Gasteiger partial charge in [0, 0.05) is 5.56 Å². The zero-order chi connectivity index (χ0) is 19.4. The van der Waals surface area contributed by atoms with Crippen molar-refractivity contribution in [3.63, 3.8) is 0 Å². The van der Waals surface area contributed by atoms with Gasteiger partial charge >= 0.3 is 5.97 Å². The summed E-state index contributed by atoms with van der Waals surface area (Å²) >= 11 is 1.22. The van der Waals surface area contributed by atoms with Crippen molar-refractivity contribution in [1.29, 1.82) is 0 Å². The number of carbonyl (C=O) groups is 2. The standard InChI is InChI=1S/C20H15FN2O3S/c1-3-10-23-16-9-8-14(19(25)26-4-2)12-17(16)27-20(23)22-18(24)13-6-5-7-15(21)11-13/h1,5-9,11-12H,4,10H2,2H3. The van der Waals surface area contributed by atoms with Gasteiger partial charge in [0.15, 0.2) is 4.80 Å². The van der Waals surface area contributed by atoms with E-state index in [0.29, 0.717) is 10.4 Å². The molecule has 0 atom stereocenters. The molecule has 0 bridgehead atoms. The summed E-state index contributed by atoms with van der Waals surface area (Å²) in [6.45, 7) is 2.21. The molecule has 1 heterocycles. The fourth-order valence-corrected chi connectivity index (χ4v) is 3.58. The van der Waals surface area contributed by atoms with Crippen LogP contribution in [0.2, 0.25) is 0 Å². The zero-order valence-corrected chi connectivity index (χ0v) is 15.3. The molecule has 0 fully saturated rings. The maximum Gasteiger partial charge on any atom is 0.338 e. The number of ether oxygens (including phenoxy) is 1. The SMILES string of the molecule is C#CCn1c(=NC(=O)c2cccc(F)c2)sc2cc(C(=O)OCC)ccc21. The van der Waals surface area contributed by atoms with Crippen LogP contribution in [0.5, 0.6) is 0 Å². The molecule has 0 saturated carbocycles. The fourth-order valence-electron chi connectivity index (χ4n) is 2.52. The van der Waals surface area contributed by atoms with Gasteiger partial charge in [0.25, 0.3) is 5.91 Å². The molecule has 1 aromatic heterocycles. The number of halogens is 1. The lowest BCUT2D eigenvalue weighted by Crippen LogP contribution is -2.16. The van der Waals surface area contributed by atoms with Gasteiger partial charge in [-0.3, -0.25) is 4.79 Å². The van der Waals surface area contributed by atoms with E-state index in [-0.39, 0.29) is 18.7 Å². The van der Waals surface area contributed by atoms with Crippen LogP contribution in [0.15, 0.2) is 47.5 Å². The molecule has 7 heteroatoms. The topological polar surface area (TPSA) is 60.7 Å². The first-order valence-electron chi connectivity index (χ1n) is 8.12. The van der Waals surface area contributed by atoms with Gasteiger partial charge in [-0.25, -0.2) is 9.18 Å². The predicted octanol–water partition coefficient (Wildman–Crippen LogP) is 3.39. The largest absolute Gasteiger partial charge is 0.462 e. The fraction of sp³-hybridized carbons (Fsp3) is 0.150. The van der Waals surface area contributed by atoms with Gasteiger partial charge in [0.1, 0.15) is 5.82 Å². The molecule has 0 spiro atoms. The first-order valence-corrected chi connectivity index (χ1v) is 8.93. The first kappa shape index (κ1) is 18.5. The quantitative estimate of drug-likeness (QED) is 0.513. The van der Waals surface area contributed by atoms with Crippen LogP contribution in [0.1, 0.15) is 27.6 Å². The highest BCUT2D eigenvalue weighted by Gasteiger charge is 2.13. The monoisotopic (exact) mass is 382 g/mol. The van der Waals surface area contributed by atoms with E-state index < -0.39 is 17.7 Å². The van der Waals surface area contributed by atoms with Crippen LogP contribution in [0.25, 0.3) is 10.2 Å². The van der Waals surface area contributed by atoms with E-state index in [1.54, 1.807) is 29.7 Å². The molecule has 0 aliphatic carbocycles. The van der Waals surface area contributed by atoms with Crippen molar-refractivity contribution in [2.24, 2.45) is 4.99 Å². The Morgan fingerprint density at radius 1 is 1.26 bits per heavy atom. The molecule has 0 aliphatic heterocycles. The smallest absolute Gasteiger partial charge is 0.338 e. The molecule has 136 valence electrons. The third kappa shape index (κ3) is 3.96. The number of hydrogen-bond acceptors (Lipinski definition) is 4. The average Bonchev–Trinajstić information content (AvgIpc) is 2.98. The summed E-state index contributed by atoms with van der Waals surface area (Å²) in [6.07, 6.45) is 5.44. The molecule has 5 nitrogen and oxygen atoms in total. The van der Waals surface area contributed by atoms with Crippen LogP contribution in [0.3, 0.4) is 0 Å². The Morgan fingerprint density at radius 3 is 2.78 bits per heavy atom. The molecular formula is C20H15FN2O3S. The van der Waals surface area contributed by atoms with Crippen LogP contribution >= 0.6 is 11.3 Å². The van der Waals surface area contributed by atoms with Crippen molar-refractivity contribution in [3.8, 4) is 12.3 Å². The third-order valence-electron chi connectivity index (χ3n) is 3.71. The number of hydrogen-bond donors (Lipinski definition) is 0. The number of nitrogens with zero attached hydrogens (tertiary/aromatic N) is 2. The van der Waals surface area contributed by atoms with Gasteiger partial charge in [-0.05, 0) is 43.3 Å². The van der Waals surface area contributed by atoms with Gasteiger partial charge in [0.2, 0.25) is 0 Å². The highest BCUT2D eigenvalue weighted by Crippen LogP contribution is 2.20. The number of benzene rings is 2. The maximum atomic E-state index is 13.3. The highest BCUT2D eigenvalue weighted by molar-refractivity contribution is 7.16. The van der Waals surface area contributed by atoms with Gasteiger partial charge in [-0.2, -0.15) is 4.99 Å². The van der Waals surface area contributed by atoms with Gasteiger partial charge < -0.3 is 9.30 Å². The molecule has 0 aliphatic rings. The van der Waals surface area contributed by atoms with Crippen LogP contribution in [0.4, 0.5) is 4.39 Å². The van der Waals surface area contributed by atoms with Gasteiger partial charge in [-0.1, -0.05) is 23.3 Å². The Morgan fingerprint density at radius 2 is 2.07 bits per heavy atom. The van der Waals surface area contributed by atoms with Crippen molar-refractivity contribution in [1.82, 2.24) is 4.57 Å². The lowest BCUT2D eigenvalue weighted by molar-refractivity contribution is 0.0526. The van der Waals surface area contributed by atoms with E-state index >= 15 is 0 Å². The molecule has 27 heavy (non-hydrogen) atoms. The number of terminal acetylenes is 1. The minimum absolute atomic E-state index is 0.145. The van der Waals surface area contributed by atoms with Gasteiger partial charge in [0.05, 0.1) is 28.9 Å². The van der Waals surface area contributed by atoms with Crippen molar-refractivity contribution in [2.45, 2.75) is 13.5 Å². The lowest BCUT2D eigenvalue weighted by Gasteiger charge is -2.03. The molecule has 3 aromatic rings. The maximum absolute atomic E-state index is 13.3. The number of amides is 1. The van der Waals surface area contributed by atoms with E-state index in [2.05, 4.69) is 10.9 Å². The number of thiazole rings is 1. The lowest BCUT2D eigenvalue weighted by atomic mass is 10.2. The van der Waals surface area contributed by atoms with Crippen molar-refractivity contribution >= 4 is 33.4 Å². The summed E-state index contributed by atoms with van der Waals surface area (Å²) in [7, 11) is 0. The Balaban J connectivity index is 2.11. The Labute approximate surface area is 158 Å². The molecule has 0 unspecified atom stereocenters. The van der Waals surface area contributed by atoms with E-state index in [1.165, 1.54) is 29.5 Å². The normalized spacial score (nSPS) is 11.4. The summed E-state index contributed by atoms with van der Waals surface area (Å²) in [4.78, 5) is 28.8. The molecule has 2 aromatic carbocycles. The minimum atomic E-state index is -0.572. The van der Waals surface area contributed by atoms with Crippen LogP contribution in [0, 0.1) is 18.2 Å². The predicted molar refractivity (Wildman–Crippen MR) is 101 cm³/mol. The van der Waals surface area contributed by atoms with E-state index in [9.17, 15) is 14.0 Å². The average molecular weight is 382 g/mol. The van der Waals surface area contributed by atoms with Crippen molar-refractivity contribution < 1.29 is 18.7 Å². The molecule has 0 saturated heterocycles. The second kappa shape index (κ2) is 7.98. The van der Waals surface area contributed by atoms with Crippen LogP contribution < -0.4 is 4.80 Å². The van der Waals surface area contributed by atoms with E-state index in [1.807, 2.05) is 0 Å². The number of rotatable bonds is 4. The number of aromatic nitrogens is 1. The first-order chi connectivity index (χ1) is 13.0. The number of carbonyl (C=O) groups excluding carboxylic acids is 2. The van der Waals surface area contributed by atoms with Gasteiger partial charge in [-0.15, -0.1) is 6.42 Å². The van der Waals surface area contributed by atoms with Crippen LogP contribution in [-0.4, -0.2) is 23.1 Å². The Kier molecular flexibility index (Phi) is 5.48. The summed E-state index contributed by atoms with van der Waals surface area (Å²) in [5, 5.41) is 0. The second-order valence-corrected chi connectivity index (χ2v) is 6.51. The number of fused-ring (bicyclic) bond motifs is 1. The summed E-state index contributed by atoms with van der Waals surface area (Å²) in [6, 6.07) is 10.4. The van der Waals surface area contributed by atoms with Crippen molar-refractivity contribution in [2.75, 3.05) is 6.61 Å². The molecular weight excluding hydrogens is 367 g/mol. The summed E-state index contributed by atoms with van der Waals surface area (Å²) in [5.41, 5.74) is 1.30. The minimum Gasteiger partial charge on any atom is -0.462 e. The Hall–Kier alpha value is -3.24. The molecule has 0 radical (unpaired) electrons. The van der Waals surface area contributed by atoms with Crippen molar-refractivity contribution in [3.05, 3.63) is 64.2 Å². The zero-order valence-electron chi connectivity index (χ0n) is 14.4. The highest BCUT2D eigenvalue weighted by atomic mass is 32.1. The number of esters is 1. The van der Waals surface area contributed by atoms with E-state index in [4.69, 9.17) is 11.2 Å². The van der Waals surface area contributed by atoms with E-state index in [0.717, 1.165) is 16.3 Å². The molecule has 1 amide bonds. The summed E-state index contributed by atoms with van der Waals surface area (Å²) < 4.78 is 20.8. The second-order valence-electron chi connectivity index (χ2n) is 5.51.